The Bertz CT molecular complexity index is 1110. The molecule has 5 rings (SSSR count). The lowest BCUT2D eigenvalue weighted by molar-refractivity contribution is 0.349. The highest BCUT2D eigenvalue weighted by Crippen LogP contribution is 2.45. The molecule has 3 aromatic rings. The molecule has 1 aliphatic carbocycles. The van der Waals surface area contributed by atoms with E-state index in [-0.39, 0.29) is 0 Å². The highest BCUT2D eigenvalue weighted by Gasteiger charge is 2.34. The third kappa shape index (κ3) is 3.97. The summed E-state index contributed by atoms with van der Waals surface area (Å²) in [6.07, 6.45) is 4.86. The molecular weight excluding hydrogens is 402 g/mol. The number of ether oxygens (including phenoxy) is 2. The van der Waals surface area contributed by atoms with Crippen molar-refractivity contribution in [3.63, 3.8) is 0 Å². The first-order valence-corrected chi connectivity index (χ1v) is 11.8. The van der Waals surface area contributed by atoms with Crippen LogP contribution in [-0.2, 0) is 0 Å². The molecule has 0 unspecified atom stereocenters. The van der Waals surface area contributed by atoms with E-state index in [2.05, 4.69) is 66.7 Å². The normalized spacial score (nSPS) is 19.7. The van der Waals surface area contributed by atoms with Crippen LogP contribution in [-0.4, -0.2) is 26.0 Å². The summed E-state index contributed by atoms with van der Waals surface area (Å²) in [5, 5.41) is 0. The standard InChI is InChI=1S/C27H27NO2S/c1-29-25-16-22-21-13-6-7-14-24(21)28-27(23(22)17-26(25)30-2)18-9-8-12-20(15-18)31-19-10-4-3-5-11-19/h3-5,8-12,15-17,21,24H,6-7,13-14H2,1-2H3/t21-,24-/m0/s1. The van der Waals surface area contributed by atoms with Gasteiger partial charge in [0.15, 0.2) is 11.5 Å². The monoisotopic (exact) mass is 429 g/mol. The Morgan fingerprint density at radius 3 is 2.35 bits per heavy atom. The highest BCUT2D eigenvalue weighted by atomic mass is 32.2. The third-order valence-electron chi connectivity index (χ3n) is 6.32. The molecule has 1 fully saturated rings. The summed E-state index contributed by atoms with van der Waals surface area (Å²) in [6.45, 7) is 0. The van der Waals surface area contributed by atoms with Gasteiger partial charge < -0.3 is 9.47 Å². The van der Waals surface area contributed by atoms with Crippen LogP contribution in [0.2, 0.25) is 0 Å². The van der Waals surface area contributed by atoms with Crippen LogP contribution in [0.5, 0.6) is 11.5 Å². The number of fused-ring (bicyclic) bond motifs is 3. The van der Waals surface area contributed by atoms with E-state index in [1.165, 1.54) is 45.7 Å². The van der Waals surface area contributed by atoms with Crippen molar-refractivity contribution in [3.8, 4) is 11.5 Å². The summed E-state index contributed by atoms with van der Waals surface area (Å²) >= 11 is 1.78. The molecule has 3 nitrogen and oxygen atoms in total. The van der Waals surface area contributed by atoms with Crippen molar-refractivity contribution < 1.29 is 9.47 Å². The van der Waals surface area contributed by atoms with Gasteiger partial charge >= 0.3 is 0 Å². The van der Waals surface area contributed by atoms with E-state index < -0.39 is 0 Å². The lowest BCUT2D eigenvalue weighted by Crippen LogP contribution is -2.29. The number of methoxy groups -OCH3 is 2. The quantitative estimate of drug-likeness (QED) is 0.450. The maximum absolute atomic E-state index is 5.64. The van der Waals surface area contributed by atoms with Crippen LogP contribution >= 0.6 is 11.8 Å². The molecule has 3 aromatic carbocycles. The smallest absolute Gasteiger partial charge is 0.161 e. The number of aliphatic imine (C=N–C) groups is 1. The molecule has 1 aliphatic heterocycles. The fourth-order valence-electron chi connectivity index (χ4n) is 4.83. The molecule has 0 N–H and O–H groups in total. The predicted molar refractivity (Wildman–Crippen MR) is 127 cm³/mol. The average Bonchev–Trinajstić information content (AvgIpc) is 2.83. The van der Waals surface area contributed by atoms with Crippen LogP contribution in [0.3, 0.4) is 0 Å². The van der Waals surface area contributed by atoms with Crippen molar-refractivity contribution in [2.45, 2.75) is 47.4 Å². The number of hydrogen-bond donors (Lipinski definition) is 0. The molecule has 31 heavy (non-hydrogen) atoms. The van der Waals surface area contributed by atoms with Crippen molar-refractivity contribution in [1.29, 1.82) is 0 Å². The van der Waals surface area contributed by atoms with Crippen molar-refractivity contribution in [3.05, 3.63) is 83.4 Å². The van der Waals surface area contributed by atoms with Gasteiger partial charge in [0, 0.05) is 26.8 Å². The van der Waals surface area contributed by atoms with Gasteiger partial charge in [0.2, 0.25) is 0 Å². The minimum Gasteiger partial charge on any atom is -0.493 e. The van der Waals surface area contributed by atoms with E-state index >= 15 is 0 Å². The predicted octanol–water partition coefficient (Wildman–Crippen LogP) is 6.73. The number of rotatable bonds is 5. The van der Waals surface area contributed by atoms with Crippen molar-refractivity contribution in [2.24, 2.45) is 4.99 Å². The molecule has 2 aliphatic rings. The highest BCUT2D eigenvalue weighted by molar-refractivity contribution is 7.99. The van der Waals surface area contributed by atoms with Gasteiger partial charge in [-0.05, 0) is 54.8 Å². The Kier molecular flexibility index (Phi) is 5.73. The SMILES string of the molecule is COc1cc2c(cc1OC)[C@@H]1CCCC[C@@H]1N=C2c1cccc(Sc2ccccc2)c1. The Morgan fingerprint density at radius 2 is 1.55 bits per heavy atom. The summed E-state index contributed by atoms with van der Waals surface area (Å²) in [7, 11) is 3.41. The number of nitrogens with zero attached hydrogens (tertiary/aromatic N) is 1. The van der Waals surface area contributed by atoms with Crippen LogP contribution < -0.4 is 9.47 Å². The summed E-state index contributed by atoms with van der Waals surface area (Å²) in [4.78, 5) is 7.77. The van der Waals surface area contributed by atoms with Gasteiger partial charge in [-0.25, -0.2) is 0 Å². The van der Waals surface area contributed by atoms with Gasteiger partial charge in [-0.1, -0.05) is 54.9 Å². The van der Waals surface area contributed by atoms with Crippen molar-refractivity contribution in [1.82, 2.24) is 0 Å². The van der Waals surface area contributed by atoms with Gasteiger partial charge in [0.25, 0.3) is 0 Å². The maximum atomic E-state index is 5.64. The first kappa shape index (κ1) is 20.2. The minimum absolute atomic E-state index is 0.347. The first-order valence-electron chi connectivity index (χ1n) is 10.9. The van der Waals surface area contributed by atoms with Crippen LogP contribution in [0.25, 0.3) is 0 Å². The zero-order chi connectivity index (χ0) is 21.2. The van der Waals surface area contributed by atoms with E-state index in [9.17, 15) is 0 Å². The summed E-state index contributed by atoms with van der Waals surface area (Å²) < 4.78 is 11.3. The minimum atomic E-state index is 0.347. The molecule has 158 valence electrons. The molecule has 2 atom stereocenters. The van der Waals surface area contributed by atoms with Gasteiger partial charge in [-0.2, -0.15) is 0 Å². The largest absolute Gasteiger partial charge is 0.493 e. The molecule has 1 heterocycles. The summed E-state index contributed by atoms with van der Waals surface area (Å²) in [5.74, 6) is 2.03. The second kappa shape index (κ2) is 8.80. The Balaban J connectivity index is 1.59. The van der Waals surface area contributed by atoms with E-state index in [4.69, 9.17) is 14.5 Å². The fourth-order valence-corrected chi connectivity index (χ4v) is 5.73. The van der Waals surface area contributed by atoms with Gasteiger partial charge in [0.05, 0.1) is 26.0 Å². The topological polar surface area (TPSA) is 30.8 Å². The van der Waals surface area contributed by atoms with Crippen molar-refractivity contribution in [2.75, 3.05) is 14.2 Å². The first-order chi connectivity index (χ1) is 15.3. The third-order valence-corrected chi connectivity index (χ3v) is 7.32. The molecule has 0 saturated heterocycles. The van der Waals surface area contributed by atoms with E-state index in [1.54, 1.807) is 26.0 Å². The van der Waals surface area contributed by atoms with Crippen LogP contribution in [0.4, 0.5) is 0 Å². The lowest BCUT2D eigenvalue weighted by atomic mass is 9.75. The molecule has 4 heteroatoms. The molecule has 1 saturated carbocycles. The summed E-state index contributed by atoms with van der Waals surface area (Å²) in [5.41, 5.74) is 4.78. The zero-order valence-electron chi connectivity index (χ0n) is 18.0. The van der Waals surface area contributed by atoms with Gasteiger partial charge in [-0.3, -0.25) is 4.99 Å². The molecule has 0 bridgehead atoms. The Labute approximate surface area is 188 Å². The van der Waals surface area contributed by atoms with Crippen molar-refractivity contribution >= 4 is 17.5 Å². The molecule has 0 radical (unpaired) electrons. The Hall–Kier alpha value is -2.72. The van der Waals surface area contributed by atoms with E-state index in [0.29, 0.717) is 12.0 Å². The van der Waals surface area contributed by atoms with E-state index in [1.807, 2.05) is 0 Å². The second-order valence-electron chi connectivity index (χ2n) is 8.17. The summed E-state index contributed by atoms with van der Waals surface area (Å²) in [6, 6.07) is 23.9. The van der Waals surface area contributed by atoms with Crippen LogP contribution in [0.1, 0.15) is 48.3 Å². The molecule has 0 spiro atoms. The molecular formula is C27H27NO2S. The van der Waals surface area contributed by atoms with Gasteiger partial charge in [-0.15, -0.1) is 0 Å². The Morgan fingerprint density at radius 1 is 0.806 bits per heavy atom. The molecule has 0 aromatic heterocycles. The van der Waals surface area contributed by atoms with Crippen LogP contribution in [0.15, 0.2) is 81.5 Å². The fraction of sp³-hybridized carbons (Fsp3) is 0.296. The maximum Gasteiger partial charge on any atom is 0.161 e. The second-order valence-corrected chi connectivity index (χ2v) is 9.32. The number of hydrogen-bond acceptors (Lipinski definition) is 4. The van der Waals surface area contributed by atoms with E-state index in [0.717, 1.165) is 23.6 Å². The van der Waals surface area contributed by atoms with Gasteiger partial charge in [0.1, 0.15) is 0 Å². The van der Waals surface area contributed by atoms with Crippen LogP contribution in [0, 0.1) is 0 Å². The zero-order valence-corrected chi connectivity index (χ0v) is 18.8. The number of benzene rings is 3. The lowest BCUT2D eigenvalue weighted by Gasteiger charge is -2.35. The molecule has 0 amide bonds. The average molecular weight is 430 g/mol.